The van der Waals surface area contributed by atoms with Crippen LogP contribution in [0, 0.1) is 0 Å². The Morgan fingerprint density at radius 2 is 1.91 bits per heavy atom. The standard InChI is InChI=1S/C12H18N2O3S2.C3H6/c1-5-10-11(6-2)18-12(13-10)14(19(4,15)16)8-9-17-7-3;1-3-2/h5-6H,1-2,7-9H2,3-4H3;3H,1H2,2H3. The molecule has 0 aromatic carbocycles. The van der Waals surface area contributed by atoms with Crippen LogP contribution in [0.2, 0.25) is 0 Å². The minimum absolute atomic E-state index is 0.243. The molecule has 1 rings (SSSR count). The summed E-state index contributed by atoms with van der Waals surface area (Å²) in [4.78, 5) is 5.07. The van der Waals surface area contributed by atoms with E-state index in [9.17, 15) is 8.42 Å². The number of thiazole rings is 1. The molecule has 5 nitrogen and oxygen atoms in total. The summed E-state index contributed by atoms with van der Waals surface area (Å²) >= 11 is 1.27. The molecule has 0 saturated heterocycles. The highest BCUT2D eigenvalue weighted by Gasteiger charge is 2.21. The molecule has 0 amide bonds. The molecule has 0 aliphatic carbocycles. The predicted octanol–water partition coefficient (Wildman–Crippen LogP) is 3.42. The van der Waals surface area contributed by atoms with E-state index in [-0.39, 0.29) is 6.54 Å². The molecule has 1 heterocycles. The van der Waals surface area contributed by atoms with Crippen molar-refractivity contribution in [1.29, 1.82) is 0 Å². The maximum atomic E-state index is 11.8. The normalized spacial score (nSPS) is 10.3. The van der Waals surface area contributed by atoms with Gasteiger partial charge in [0, 0.05) is 6.61 Å². The number of aromatic nitrogens is 1. The van der Waals surface area contributed by atoms with E-state index in [1.165, 1.54) is 15.6 Å². The van der Waals surface area contributed by atoms with E-state index in [1.807, 2.05) is 13.8 Å². The van der Waals surface area contributed by atoms with Crippen molar-refractivity contribution in [2.45, 2.75) is 13.8 Å². The first-order valence-electron chi connectivity index (χ1n) is 6.73. The minimum atomic E-state index is -3.39. The van der Waals surface area contributed by atoms with E-state index in [0.29, 0.717) is 24.0 Å². The lowest BCUT2D eigenvalue weighted by atomic mass is 10.3. The Morgan fingerprint density at radius 1 is 1.32 bits per heavy atom. The Morgan fingerprint density at radius 3 is 2.27 bits per heavy atom. The fraction of sp³-hybridized carbons (Fsp3) is 0.400. The molecular weight excluding hydrogens is 320 g/mol. The van der Waals surface area contributed by atoms with Crippen LogP contribution in [0.5, 0.6) is 0 Å². The second-order valence-corrected chi connectivity index (χ2v) is 7.01. The lowest BCUT2D eigenvalue weighted by molar-refractivity contribution is 0.156. The summed E-state index contributed by atoms with van der Waals surface area (Å²) in [5.41, 5.74) is 0.639. The molecule has 0 radical (unpaired) electrons. The van der Waals surface area contributed by atoms with E-state index in [0.717, 1.165) is 11.1 Å². The van der Waals surface area contributed by atoms with E-state index >= 15 is 0 Å². The number of nitrogens with zero attached hydrogens (tertiary/aromatic N) is 2. The zero-order chi connectivity index (χ0) is 17.2. The summed E-state index contributed by atoms with van der Waals surface area (Å²) in [6.07, 6.45) is 6.13. The van der Waals surface area contributed by atoms with Crippen molar-refractivity contribution in [3.63, 3.8) is 0 Å². The molecule has 22 heavy (non-hydrogen) atoms. The van der Waals surface area contributed by atoms with Gasteiger partial charge in [0.1, 0.15) is 0 Å². The molecule has 1 aromatic heterocycles. The third-order valence-corrected chi connectivity index (χ3v) is 4.67. The monoisotopic (exact) mass is 344 g/mol. The molecule has 0 spiro atoms. The minimum Gasteiger partial charge on any atom is -0.380 e. The smallest absolute Gasteiger partial charge is 0.234 e. The number of rotatable bonds is 8. The first kappa shape index (κ1) is 20.6. The third kappa shape index (κ3) is 6.55. The van der Waals surface area contributed by atoms with Crippen molar-refractivity contribution in [2.24, 2.45) is 0 Å². The molecule has 0 aliphatic heterocycles. The topological polar surface area (TPSA) is 59.5 Å². The summed E-state index contributed by atoms with van der Waals surface area (Å²) in [5.74, 6) is 0. The van der Waals surface area contributed by atoms with Gasteiger partial charge in [0.05, 0.1) is 30.0 Å². The fourth-order valence-corrected chi connectivity index (χ4v) is 3.53. The molecule has 0 fully saturated rings. The first-order valence-corrected chi connectivity index (χ1v) is 9.40. The Kier molecular flexibility index (Phi) is 9.64. The Balaban J connectivity index is 0.00000135. The van der Waals surface area contributed by atoms with Gasteiger partial charge in [-0.1, -0.05) is 30.6 Å². The van der Waals surface area contributed by atoms with E-state index in [1.54, 1.807) is 18.2 Å². The summed E-state index contributed by atoms with van der Waals surface area (Å²) in [7, 11) is -3.39. The van der Waals surface area contributed by atoms with Crippen LogP contribution in [0.25, 0.3) is 12.2 Å². The van der Waals surface area contributed by atoms with Crippen molar-refractivity contribution in [1.82, 2.24) is 4.98 Å². The van der Waals surface area contributed by atoms with Crippen LogP contribution >= 0.6 is 11.3 Å². The lowest BCUT2D eigenvalue weighted by Crippen LogP contribution is -2.33. The van der Waals surface area contributed by atoms with Crippen molar-refractivity contribution < 1.29 is 13.2 Å². The highest BCUT2D eigenvalue weighted by Crippen LogP contribution is 2.29. The second kappa shape index (κ2) is 10.3. The predicted molar refractivity (Wildman–Crippen MR) is 96.8 cm³/mol. The molecular formula is C15H24N2O3S2. The molecule has 0 aliphatic rings. The largest absolute Gasteiger partial charge is 0.380 e. The number of sulfonamides is 1. The molecule has 124 valence electrons. The maximum Gasteiger partial charge on any atom is 0.234 e. The average Bonchev–Trinajstić information content (AvgIpc) is 2.86. The summed E-state index contributed by atoms with van der Waals surface area (Å²) in [6.45, 7) is 15.6. The van der Waals surface area contributed by atoms with Crippen LogP contribution < -0.4 is 4.31 Å². The lowest BCUT2D eigenvalue weighted by Gasteiger charge is -2.18. The summed E-state index contributed by atoms with van der Waals surface area (Å²) in [5, 5.41) is 0.409. The average molecular weight is 345 g/mol. The van der Waals surface area contributed by atoms with Crippen LogP contribution in [0.3, 0.4) is 0 Å². The Labute approximate surface area is 137 Å². The van der Waals surface area contributed by atoms with Crippen molar-refractivity contribution in [3.05, 3.63) is 36.4 Å². The molecule has 0 bridgehead atoms. The molecule has 7 heteroatoms. The molecule has 1 aromatic rings. The van der Waals surface area contributed by atoms with Crippen molar-refractivity contribution in [3.8, 4) is 0 Å². The highest BCUT2D eigenvalue weighted by atomic mass is 32.2. The quantitative estimate of drug-likeness (QED) is 0.535. The number of hydrogen-bond donors (Lipinski definition) is 0. The van der Waals surface area contributed by atoms with Crippen LogP contribution in [-0.2, 0) is 14.8 Å². The third-order valence-electron chi connectivity index (χ3n) is 2.31. The molecule has 0 saturated carbocycles. The van der Waals surface area contributed by atoms with E-state index < -0.39 is 10.0 Å². The molecule has 0 N–H and O–H groups in total. The van der Waals surface area contributed by atoms with Gasteiger partial charge in [0.15, 0.2) is 5.13 Å². The molecule has 0 unspecified atom stereocenters. The molecule has 0 atom stereocenters. The van der Waals surface area contributed by atoms with Gasteiger partial charge >= 0.3 is 0 Å². The van der Waals surface area contributed by atoms with Gasteiger partial charge in [-0.15, -0.1) is 6.58 Å². The van der Waals surface area contributed by atoms with Crippen molar-refractivity contribution in [2.75, 3.05) is 30.3 Å². The Hall–Kier alpha value is -1.44. The number of ether oxygens (including phenoxy) is 1. The van der Waals surface area contributed by atoms with Gasteiger partial charge in [-0.25, -0.2) is 17.7 Å². The van der Waals surface area contributed by atoms with Gasteiger partial charge < -0.3 is 4.74 Å². The number of hydrogen-bond acceptors (Lipinski definition) is 5. The maximum absolute atomic E-state index is 11.8. The summed E-state index contributed by atoms with van der Waals surface area (Å²) in [6, 6.07) is 0. The van der Waals surface area contributed by atoms with Crippen LogP contribution in [0.4, 0.5) is 5.13 Å². The zero-order valence-electron chi connectivity index (χ0n) is 13.4. The number of allylic oxidation sites excluding steroid dienone is 1. The van der Waals surface area contributed by atoms with Gasteiger partial charge in [-0.2, -0.15) is 0 Å². The number of anilines is 1. The van der Waals surface area contributed by atoms with E-state index in [4.69, 9.17) is 4.74 Å². The van der Waals surface area contributed by atoms with Gasteiger partial charge in [0.2, 0.25) is 10.0 Å². The first-order chi connectivity index (χ1) is 10.3. The highest BCUT2D eigenvalue weighted by molar-refractivity contribution is 7.92. The second-order valence-electron chi connectivity index (χ2n) is 4.09. The fourth-order valence-electron chi connectivity index (χ4n) is 1.43. The van der Waals surface area contributed by atoms with Gasteiger partial charge in [-0.3, -0.25) is 0 Å². The van der Waals surface area contributed by atoms with Crippen LogP contribution in [0.15, 0.2) is 25.8 Å². The van der Waals surface area contributed by atoms with Crippen LogP contribution in [-0.4, -0.2) is 39.4 Å². The summed E-state index contributed by atoms with van der Waals surface area (Å²) < 4.78 is 30.1. The van der Waals surface area contributed by atoms with Gasteiger partial charge in [-0.05, 0) is 26.0 Å². The van der Waals surface area contributed by atoms with Crippen LogP contribution in [0.1, 0.15) is 24.4 Å². The SMILES string of the molecule is C=CC.C=Cc1nc(N(CCOCC)S(C)(=O)=O)sc1C=C. The zero-order valence-corrected chi connectivity index (χ0v) is 15.0. The van der Waals surface area contributed by atoms with Gasteiger partial charge in [0.25, 0.3) is 0 Å². The Bertz CT molecular complexity index is 566. The van der Waals surface area contributed by atoms with Crippen molar-refractivity contribution >= 4 is 38.6 Å². The van der Waals surface area contributed by atoms with E-state index in [2.05, 4.69) is 24.7 Å².